The number of ketones is 1. The van der Waals surface area contributed by atoms with Crippen molar-refractivity contribution < 1.29 is 9.53 Å². The van der Waals surface area contributed by atoms with Crippen molar-refractivity contribution in [1.29, 1.82) is 0 Å². The van der Waals surface area contributed by atoms with Gasteiger partial charge in [0.1, 0.15) is 5.75 Å². The summed E-state index contributed by atoms with van der Waals surface area (Å²) in [4.78, 5) is 37.5. The minimum atomic E-state index is -0.556. The maximum atomic E-state index is 12.1. The van der Waals surface area contributed by atoms with Crippen molar-refractivity contribution in [2.24, 2.45) is 0 Å². The van der Waals surface area contributed by atoms with Crippen molar-refractivity contribution in [1.82, 2.24) is 9.55 Å². The Morgan fingerprint density at radius 2 is 1.90 bits per heavy atom. The fourth-order valence-corrected chi connectivity index (χ4v) is 2.00. The molecule has 2 rings (SSSR count). The van der Waals surface area contributed by atoms with E-state index in [9.17, 15) is 14.4 Å². The number of methoxy groups -OCH3 is 1. The number of hydrogen-bond donors (Lipinski definition) is 1. The fourth-order valence-electron chi connectivity index (χ4n) is 2.00. The molecule has 0 aliphatic heterocycles. The third kappa shape index (κ3) is 3.28. The third-order valence-electron chi connectivity index (χ3n) is 3.22. The van der Waals surface area contributed by atoms with Gasteiger partial charge in [-0.05, 0) is 31.0 Å². The molecule has 1 aromatic carbocycles. The Bertz CT molecular complexity index is 756. The molecule has 0 spiro atoms. The molecule has 1 heterocycles. The molecule has 2 aromatic rings. The zero-order valence-corrected chi connectivity index (χ0v) is 11.9. The van der Waals surface area contributed by atoms with Crippen LogP contribution in [0.5, 0.6) is 5.75 Å². The molecule has 1 aromatic heterocycles. The van der Waals surface area contributed by atoms with E-state index in [4.69, 9.17) is 4.74 Å². The first-order valence-electron chi connectivity index (χ1n) is 6.49. The van der Waals surface area contributed by atoms with Crippen LogP contribution in [0.25, 0.3) is 0 Å². The van der Waals surface area contributed by atoms with Gasteiger partial charge in [-0.1, -0.05) is 12.1 Å². The van der Waals surface area contributed by atoms with Gasteiger partial charge in [0, 0.05) is 12.7 Å². The molecule has 0 unspecified atom stereocenters. The number of nitrogens with zero attached hydrogens (tertiary/aromatic N) is 1. The number of carbonyl (C=O) groups is 1. The summed E-state index contributed by atoms with van der Waals surface area (Å²) < 4.78 is 6.11. The van der Waals surface area contributed by atoms with Gasteiger partial charge in [-0.3, -0.25) is 14.2 Å². The van der Waals surface area contributed by atoms with Crippen LogP contribution in [-0.2, 0) is 13.0 Å². The average molecular weight is 288 g/mol. The Labute approximate surface area is 121 Å². The highest BCUT2D eigenvalue weighted by Crippen LogP contribution is 2.11. The summed E-state index contributed by atoms with van der Waals surface area (Å²) in [7, 11) is 1.58. The summed E-state index contributed by atoms with van der Waals surface area (Å²) in [5.74, 6) is 0.377. The lowest BCUT2D eigenvalue weighted by molar-refractivity contribution is 0.101. The first kappa shape index (κ1) is 14.8. The number of hydrogen-bond acceptors (Lipinski definition) is 4. The topological polar surface area (TPSA) is 81.2 Å². The van der Waals surface area contributed by atoms with Crippen molar-refractivity contribution >= 4 is 5.78 Å². The lowest BCUT2D eigenvalue weighted by Crippen LogP contribution is -2.38. The van der Waals surface area contributed by atoms with Crippen molar-refractivity contribution in [2.75, 3.05) is 7.11 Å². The number of Topliss-reactive ketones (excluding diaryl/α,β-unsaturated/α-hetero) is 1. The number of H-pyrrole nitrogens is 1. The van der Waals surface area contributed by atoms with Gasteiger partial charge in [0.05, 0.1) is 12.7 Å². The normalized spacial score (nSPS) is 10.4. The van der Waals surface area contributed by atoms with Gasteiger partial charge in [-0.2, -0.15) is 0 Å². The second-order valence-electron chi connectivity index (χ2n) is 4.62. The van der Waals surface area contributed by atoms with E-state index < -0.39 is 11.2 Å². The SMILES string of the molecule is COc1ccc(CCn2c(=O)[nH]cc(C(C)=O)c2=O)cc1. The molecule has 0 saturated carbocycles. The second kappa shape index (κ2) is 6.21. The minimum Gasteiger partial charge on any atom is -0.497 e. The smallest absolute Gasteiger partial charge is 0.328 e. The first-order chi connectivity index (χ1) is 10.0. The number of ether oxygens (including phenoxy) is 1. The Balaban J connectivity index is 2.23. The Morgan fingerprint density at radius 1 is 1.24 bits per heavy atom. The summed E-state index contributed by atoms with van der Waals surface area (Å²) in [6.45, 7) is 1.50. The number of rotatable bonds is 5. The number of carbonyl (C=O) groups excluding carboxylic acids is 1. The summed E-state index contributed by atoms with van der Waals surface area (Å²) >= 11 is 0. The highest BCUT2D eigenvalue weighted by molar-refractivity contribution is 5.93. The predicted octanol–water partition coefficient (Wildman–Crippen LogP) is 0.990. The predicted molar refractivity (Wildman–Crippen MR) is 78.0 cm³/mol. The van der Waals surface area contributed by atoms with E-state index in [-0.39, 0.29) is 17.9 Å². The van der Waals surface area contributed by atoms with Crippen LogP contribution in [-0.4, -0.2) is 22.4 Å². The number of aryl methyl sites for hydroxylation is 1. The molecule has 0 atom stereocenters. The van der Waals surface area contributed by atoms with E-state index >= 15 is 0 Å². The molecule has 0 aliphatic carbocycles. The van der Waals surface area contributed by atoms with Crippen LogP contribution in [0.2, 0.25) is 0 Å². The highest BCUT2D eigenvalue weighted by Gasteiger charge is 2.10. The van der Waals surface area contributed by atoms with Crippen LogP contribution in [0, 0.1) is 0 Å². The summed E-state index contributed by atoms with van der Waals surface area (Å²) in [5, 5.41) is 0. The van der Waals surface area contributed by atoms with Crippen molar-refractivity contribution in [3.05, 3.63) is 62.4 Å². The van der Waals surface area contributed by atoms with Gasteiger partial charge in [0.2, 0.25) is 0 Å². The van der Waals surface area contributed by atoms with Gasteiger partial charge in [0.25, 0.3) is 5.56 Å². The van der Waals surface area contributed by atoms with Gasteiger partial charge < -0.3 is 9.72 Å². The van der Waals surface area contributed by atoms with Crippen LogP contribution in [0.4, 0.5) is 0 Å². The summed E-state index contributed by atoms with van der Waals surface area (Å²) in [5.41, 5.74) is -0.113. The average Bonchev–Trinajstić information content (AvgIpc) is 2.47. The minimum absolute atomic E-state index is 0.00988. The van der Waals surface area contributed by atoms with E-state index in [1.54, 1.807) is 7.11 Å². The fraction of sp³-hybridized carbons (Fsp3) is 0.267. The largest absolute Gasteiger partial charge is 0.497 e. The maximum Gasteiger partial charge on any atom is 0.328 e. The van der Waals surface area contributed by atoms with Gasteiger partial charge in [-0.15, -0.1) is 0 Å². The molecule has 110 valence electrons. The molecule has 0 bridgehead atoms. The van der Waals surface area contributed by atoms with Crippen LogP contribution in [0.1, 0.15) is 22.8 Å². The molecular formula is C15H16N2O4. The molecule has 1 N–H and O–H groups in total. The quantitative estimate of drug-likeness (QED) is 0.832. The Kier molecular flexibility index (Phi) is 4.37. The van der Waals surface area contributed by atoms with Crippen LogP contribution >= 0.6 is 0 Å². The molecule has 0 amide bonds. The van der Waals surface area contributed by atoms with Crippen LogP contribution in [0.15, 0.2) is 40.1 Å². The lowest BCUT2D eigenvalue weighted by Gasteiger charge is -2.06. The van der Waals surface area contributed by atoms with Crippen molar-refractivity contribution in [2.45, 2.75) is 19.9 Å². The Hall–Kier alpha value is -2.63. The monoisotopic (exact) mass is 288 g/mol. The molecule has 0 saturated heterocycles. The van der Waals surface area contributed by atoms with E-state index in [1.165, 1.54) is 6.92 Å². The highest BCUT2D eigenvalue weighted by atomic mass is 16.5. The molecule has 6 heteroatoms. The van der Waals surface area contributed by atoms with E-state index in [2.05, 4.69) is 4.98 Å². The molecule has 6 nitrogen and oxygen atoms in total. The van der Waals surface area contributed by atoms with Gasteiger partial charge in [0.15, 0.2) is 5.78 Å². The molecular weight excluding hydrogens is 272 g/mol. The lowest BCUT2D eigenvalue weighted by atomic mass is 10.1. The second-order valence-corrected chi connectivity index (χ2v) is 4.62. The first-order valence-corrected chi connectivity index (χ1v) is 6.49. The number of aromatic nitrogens is 2. The third-order valence-corrected chi connectivity index (χ3v) is 3.22. The Morgan fingerprint density at radius 3 is 2.48 bits per heavy atom. The summed E-state index contributed by atoms with van der Waals surface area (Å²) in [6.07, 6.45) is 1.67. The number of nitrogens with one attached hydrogen (secondary N) is 1. The number of aromatic amines is 1. The van der Waals surface area contributed by atoms with Crippen LogP contribution < -0.4 is 16.0 Å². The zero-order chi connectivity index (χ0) is 15.4. The zero-order valence-electron chi connectivity index (χ0n) is 11.9. The summed E-state index contributed by atoms with van der Waals surface area (Å²) in [6, 6.07) is 7.36. The standard InChI is InChI=1S/C15H16N2O4/c1-10(18)13-9-16-15(20)17(14(13)19)8-7-11-3-5-12(21-2)6-4-11/h3-6,9H,7-8H2,1-2H3,(H,16,20). The van der Waals surface area contributed by atoms with E-state index in [0.717, 1.165) is 22.1 Å². The maximum absolute atomic E-state index is 12.1. The van der Waals surface area contributed by atoms with Crippen molar-refractivity contribution in [3.8, 4) is 5.75 Å². The molecule has 0 aliphatic rings. The number of benzene rings is 1. The van der Waals surface area contributed by atoms with E-state index in [1.807, 2.05) is 24.3 Å². The van der Waals surface area contributed by atoms with Crippen molar-refractivity contribution in [3.63, 3.8) is 0 Å². The van der Waals surface area contributed by atoms with E-state index in [0.29, 0.717) is 6.42 Å². The van der Waals surface area contributed by atoms with Gasteiger partial charge >= 0.3 is 5.69 Å². The molecule has 21 heavy (non-hydrogen) atoms. The van der Waals surface area contributed by atoms with Crippen LogP contribution in [0.3, 0.4) is 0 Å². The van der Waals surface area contributed by atoms with Gasteiger partial charge in [-0.25, -0.2) is 4.79 Å². The molecule has 0 fully saturated rings. The molecule has 0 radical (unpaired) electrons.